The predicted molar refractivity (Wildman–Crippen MR) is 125 cm³/mol. The topological polar surface area (TPSA) is 58.6 Å². The highest BCUT2D eigenvalue weighted by Crippen LogP contribution is 2.35. The fourth-order valence-electron chi connectivity index (χ4n) is 3.27. The number of hydrazine groups is 1. The molecule has 2 amide bonds. The second-order valence-corrected chi connectivity index (χ2v) is 8.35. The van der Waals surface area contributed by atoms with Gasteiger partial charge in [0.05, 0.1) is 10.2 Å². The highest BCUT2D eigenvalue weighted by Gasteiger charge is 2.34. The van der Waals surface area contributed by atoms with Gasteiger partial charge in [-0.2, -0.15) is 0 Å². The fourth-order valence-corrected chi connectivity index (χ4v) is 4.22. The lowest BCUT2D eigenvalue weighted by Crippen LogP contribution is -2.35. The van der Waals surface area contributed by atoms with Crippen molar-refractivity contribution in [2.45, 2.75) is 13.5 Å². The molecule has 3 aromatic rings. The first-order valence-corrected chi connectivity index (χ1v) is 10.7. The molecule has 4 rings (SSSR count). The molecule has 1 heterocycles. The second kappa shape index (κ2) is 8.96. The second-order valence-electron chi connectivity index (χ2n) is 7.06. The number of nitrogens with zero attached hydrogens (tertiary/aromatic N) is 1. The standard InChI is InChI=1S/C24H18BrClN2O3/c1-15-6-5-7-16(10-15)14-31-22-17(11-18(26)13-21(22)25)12-20-23(29)27-28(24(20)30)19-8-3-2-4-9-19/h2-13H,14H2,1H3,(H,27,29)/b20-12-. The summed E-state index contributed by atoms with van der Waals surface area (Å²) in [5.74, 6) is -0.441. The van der Waals surface area contributed by atoms with E-state index < -0.39 is 11.8 Å². The third kappa shape index (κ3) is 4.65. The van der Waals surface area contributed by atoms with Crippen LogP contribution in [0.4, 0.5) is 5.69 Å². The number of para-hydroxylation sites is 1. The molecule has 0 aromatic heterocycles. The number of carbonyl (C=O) groups is 2. The normalized spacial score (nSPS) is 14.8. The van der Waals surface area contributed by atoms with Crippen molar-refractivity contribution in [3.8, 4) is 5.75 Å². The molecule has 7 heteroatoms. The molecule has 0 atom stereocenters. The molecule has 1 N–H and O–H groups in total. The summed E-state index contributed by atoms with van der Waals surface area (Å²) in [6.45, 7) is 2.34. The molecule has 0 bridgehead atoms. The van der Waals surface area contributed by atoms with Gasteiger partial charge in [0.25, 0.3) is 11.8 Å². The molecular formula is C24H18BrClN2O3. The molecule has 0 aliphatic carbocycles. The van der Waals surface area contributed by atoms with Gasteiger partial charge in [0.15, 0.2) is 0 Å². The minimum absolute atomic E-state index is 0.00146. The van der Waals surface area contributed by atoms with Gasteiger partial charge in [-0.05, 0) is 58.8 Å². The van der Waals surface area contributed by atoms with Crippen LogP contribution in [0.5, 0.6) is 5.75 Å². The van der Waals surface area contributed by atoms with Crippen LogP contribution in [-0.2, 0) is 16.2 Å². The van der Waals surface area contributed by atoms with Gasteiger partial charge < -0.3 is 4.74 Å². The summed E-state index contributed by atoms with van der Waals surface area (Å²) in [6.07, 6.45) is 1.50. The molecule has 156 valence electrons. The van der Waals surface area contributed by atoms with E-state index in [1.165, 1.54) is 11.1 Å². The number of carbonyl (C=O) groups excluding carboxylic acids is 2. The van der Waals surface area contributed by atoms with Crippen molar-refractivity contribution < 1.29 is 14.3 Å². The third-order valence-corrected chi connectivity index (χ3v) is 5.52. The minimum Gasteiger partial charge on any atom is -0.487 e. The average Bonchev–Trinajstić information content (AvgIpc) is 3.02. The minimum atomic E-state index is -0.491. The van der Waals surface area contributed by atoms with E-state index in [0.29, 0.717) is 33.1 Å². The number of hydrogen-bond donors (Lipinski definition) is 1. The Bertz CT molecular complexity index is 1190. The lowest BCUT2D eigenvalue weighted by atomic mass is 10.1. The van der Waals surface area contributed by atoms with Crippen molar-refractivity contribution >= 4 is 51.1 Å². The highest BCUT2D eigenvalue weighted by atomic mass is 79.9. The average molecular weight is 498 g/mol. The Balaban J connectivity index is 1.66. The number of amides is 2. The smallest absolute Gasteiger partial charge is 0.282 e. The number of benzene rings is 3. The Hall–Kier alpha value is -3.09. The molecule has 1 aliphatic rings. The molecule has 5 nitrogen and oxygen atoms in total. The van der Waals surface area contributed by atoms with Gasteiger partial charge >= 0.3 is 0 Å². The zero-order valence-electron chi connectivity index (χ0n) is 16.6. The van der Waals surface area contributed by atoms with Gasteiger partial charge in [-0.3, -0.25) is 15.0 Å². The maximum Gasteiger partial charge on any atom is 0.282 e. The molecule has 0 saturated carbocycles. The van der Waals surface area contributed by atoms with Gasteiger partial charge in [0, 0.05) is 10.6 Å². The van der Waals surface area contributed by atoms with Crippen molar-refractivity contribution in [3.63, 3.8) is 0 Å². The van der Waals surface area contributed by atoms with Crippen LogP contribution in [0, 0.1) is 6.92 Å². The van der Waals surface area contributed by atoms with E-state index in [1.54, 1.807) is 36.4 Å². The number of halogens is 2. The molecule has 31 heavy (non-hydrogen) atoms. The third-order valence-electron chi connectivity index (χ3n) is 4.71. The maximum atomic E-state index is 12.9. The molecule has 0 spiro atoms. The Morgan fingerprint density at radius 3 is 2.58 bits per heavy atom. The van der Waals surface area contributed by atoms with E-state index in [-0.39, 0.29) is 5.57 Å². The lowest BCUT2D eigenvalue weighted by molar-refractivity contribution is -0.117. The van der Waals surface area contributed by atoms with Gasteiger partial charge in [-0.15, -0.1) is 0 Å². The predicted octanol–water partition coefficient (Wildman–Crippen LogP) is 5.45. The summed E-state index contributed by atoms with van der Waals surface area (Å²) in [5.41, 5.74) is 5.83. The number of rotatable bonds is 5. The number of anilines is 1. The largest absolute Gasteiger partial charge is 0.487 e. The fraction of sp³-hybridized carbons (Fsp3) is 0.0833. The van der Waals surface area contributed by atoms with Crippen molar-refractivity contribution in [1.29, 1.82) is 0 Å². The van der Waals surface area contributed by atoms with Crippen molar-refractivity contribution in [2.24, 2.45) is 0 Å². The Morgan fingerprint density at radius 1 is 1.06 bits per heavy atom. The van der Waals surface area contributed by atoms with Crippen LogP contribution in [-0.4, -0.2) is 11.8 Å². The van der Waals surface area contributed by atoms with Crippen molar-refractivity contribution in [1.82, 2.24) is 5.43 Å². The van der Waals surface area contributed by atoms with E-state index in [0.717, 1.165) is 11.1 Å². The van der Waals surface area contributed by atoms with Crippen LogP contribution in [0.15, 0.2) is 76.8 Å². The van der Waals surface area contributed by atoms with Crippen LogP contribution in [0.25, 0.3) is 6.08 Å². The van der Waals surface area contributed by atoms with E-state index >= 15 is 0 Å². The number of hydrogen-bond acceptors (Lipinski definition) is 3. The van der Waals surface area contributed by atoms with E-state index in [1.807, 2.05) is 37.3 Å². The van der Waals surface area contributed by atoms with Crippen LogP contribution < -0.4 is 15.2 Å². The van der Waals surface area contributed by atoms with Crippen molar-refractivity contribution in [2.75, 3.05) is 5.01 Å². The number of aryl methyl sites for hydroxylation is 1. The van der Waals surface area contributed by atoms with E-state index in [4.69, 9.17) is 16.3 Å². The van der Waals surface area contributed by atoms with Crippen LogP contribution in [0.1, 0.15) is 16.7 Å². The first-order valence-electron chi connectivity index (χ1n) is 9.52. The molecule has 3 aromatic carbocycles. The molecule has 1 aliphatic heterocycles. The highest BCUT2D eigenvalue weighted by molar-refractivity contribution is 9.10. The molecular weight excluding hydrogens is 480 g/mol. The summed E-state index contributed by atoms with van der Waals surface area (Å²) >= 11 is 9.71. The molecule has 1 fully saturated rings. The molecule has 1 saturated heterocycles. The van der Waals surface area contributed by atoms with Crippen LogP contribution >= 0.6 is 27.5 Å². The van der Waals surface area contributed by atoms with Gasteiger partial charge in [0.2, 0.25) is 0 Å². The van der Waals surface area contributed by atoms with Gasteiger partial charge in [-0.1, -0.05) is 59.6 Å². The summed E-state index contributed by atoms with van der Waals surface area (Å²) in [7, 11) is 0. The van der Waals surface area contributed by atoms with Gasteiger partial charge in [-0.25, -0.2) is 5.01 Å². The Kier molecular flexibility index (Phi) is 6.11. The maximum absolute atomic E-state index is 12.9. The molecule has 0 unspecified atom stereocenters. The quantitative estimate of drug-likeness (QED) is 0.377. The Morgan fingerprint density at radius 2 is 1.84 bits per heavy atom. The van der Waals surface area contributed by atoms with Crippen molar-refractivity contribution in [3.05, 3.63) is 98.5 Å². The van der Waals surface area contributed by atoms with E-state index in [2.05, 4.69) is 21.4 Å². The van der Waals surface area contributed by atoms with Gasteiger partial charge in [0.1, 0.15) is 17.9 Å². The summed E-state index contributed by atoms with van der Waals surface area (Å²) in [6, 6.07) is 20.3. The SMILES string of the molecule is Cc1cccc(COc2c(Br)cc(Cl)cc2/C=C2/C(=O)NN(c3ccccc3)C2=O)c1. The first-order chi connectivity index (χ1) is 14.9. The van der Waals surface area contributed by atoms with Crippen LogP contribution in [0.3, 0.4) is 0 Å². The molecule has 0 radical (unpaired) electrons. The Labute approximate surface area is 193 Å². The lowest BCUT2D eigenvalue weighted by Gasteiger charge is -2.14. The zero-order chi connectivity index (χ0) is 22.0. The van der Waals surface area contributed by atoms with Crippen LogP contribution in [0.2, 0.25) is 5.02 Å². The number of ether oxygens (including phenoxy) is 1. The van der Waals surface area contributed by atoms with E-state index in [9.17, 15) is 9.59 Å². The summed E-state index contributed by atoms with van der Waals surface area (Å²) in [4.78, 5) is 25.5. The number of nitrogens with one attached hydrogen (secondary N) is 1. The summed E-state index contributed by atoms with van der Waals surface area (Å²) in [5, 5.41) is 1.67. The summed E-state index contributed by atoms with van der Waals surface area (Å²) < 4.78 is 6.68. The first kappa shape index (κ1) is 21.2. The monoisotopic (exact) mass is 496 g/mol. The zero-order valence-corrected chi connectivity index (χ0v) is 18.9.